The van der Waals surface area contributed by atoms with Crippen molar-refractivity contribution in [2.24, 2.45) is 7.05 Å². The standard InChI is InChI=1S/C25H25ClN4O2S/c1-16-13-17(11-12-20(16)26)32-14-23-27-28-25(29(23)2)33-15-24(31)30-21-9-5-3-7-18(21)19-8-4-6-10-22(19)30/h3,5,7,9,11-13H,4,6,8,10,14-15H2,1-2H3. The van der Waals surface area contributed by atoms with Crippen LogP contribution in [0.5, 0.6) is 5.75 Å². The number of aromatic nitrogens is 4. The maximum Gasteiger partial charge on any atom is 0.241 e. The monoisotopic (exact) mass is 480 g/mol. The van der Waals surface area contributed by atoms with E-state index < -0.39 is 0 Å². The van der Waals surface area contributed by atoms with Crippen LogP contribution in [0.15, 0.2) is 47.6 Å². The lowest BCUT2D eigenvalue weighted by molar-refractivity contribution is 0.0943. The van der Waals surface area contributed by atoms with Crippen LogP contribution in [0.4, 0.5) is 0 Å². The predicted octanol–water partition coefficient (Wildman–Crippen LogP) is 5.62. The summed E-state index contributed by atoms with van der Waals surface area (Å²) in [7, 11) is 1.89. The molecular weight excluding hydrogens is 456 g/mol. The molecule has 2 aromatic carbocycles. The number of rotatable bonds is 6. The highest BCUT2D eigenvalue weighted by atomic mass is 35.5. The fraction of sp³-hybridized carbons (Fsp3) is 0.320. The number of nitrogens with zero attached hydrogens (tertiary/aromatic N) is 4. The van der Waals surface area contributed by atoms with E-state index in [9.17, 15) is 4.79 Å². The maximum atomic E-state index is 13.3. The lowest BCUT2D eigenvalue weighted by atomic mass is 9.96. The van der Waals surface area contributed by atoms with Gasteiger partial charge >= 0.3 is 0 Å². The summed E-state index contributed by atoms with van der Waals surface area (Å²) in [4.78, 5) is 13.3. The molecule has 0 aliphatic heterocycles. The van der Waals surface area contributed by atoms with Crippen molar-refractivity contribution in [1.82, 2.24) is 19.3 Å². The first-order chi connectivity index (χ1) is 16.0. The molecule has 2 heterocycles. The molecule has 0 bridgehead atoms. The van der Waals surface area contributed by atoms with Gasteiger partial charge < -0.3 is 9.30 Å². The molecule has 0 radical (unpaired) electrons. The number of carbonyl (C=O) groups excluding carboxylic acids is 1. The van der Waals surface area contributed by atoms with E-state index >= 15 is 0 Å². The Hall–Kier alpha value is -2.77. The van der Waals surface area contributed by atoms with Crippen molar-refractivity contribution in [1.29, 1.82) is 0 Å². The van der Waals surface area contributed by atoms with Crippen LogP contribution in [-0.4, -0.2) is 31.0 Å². The number of thioether (sulfide) groups is 1. The van der Waals surface area contributed by atoms with E-state index in [0.717, 1.165) is 36.1 Å². The van der Waals surface area contributed by atoms with Crippen molar-refractivity contribution in [3.8, 4) is 5.75 Å². The number of halogens is 1. The summed E-state index contributed by atoms with van der Waals surface area (Å²) in [6.07, 6.45) is 4.31. The zero-order valence-corrected chi connectivity index (χ0v) is 20.2. The first-order valence-corrected chi connectivity index (χ1v) is 12.4. The molecule has 33 heavy (non-hydrogen) atoms. The van der Waals surface area contributed by atoms with Gasteiger partial charge in [-0.1, -0.05) is 41.6 Å². The molecular formula is C25H25ClN4O2S. The number of hydrogen-bond donors (Lipinski definition) is 0. The predicted molar refractivity (Wildman–Crippen MR) is 131 cm³/mol. The highest BCUT2D eigenvalue weighted by Crippen LogP contribution is 2.32. The zero-order valence-electron chi connectivity index (χ0n) is 18.7. The van der Waals surface area contributed by atoms with E-state index in [4.69, 9.17) is 16.3 Å². The molecule has 0 saturated heterocycles. The van der Waals surface area contributed by atoms with Crippen LogP contribution >= 0.6 is 23.4 Å². The van der Waals surface area contributed by atoms with Crippen LogP contribution in [-0.2, 0) is 26.5 Å². The normalized spacial score (nSPS) is 13.3. The first-order valence-electron chi connectivity index (χ1n) is 11.1. The number of carbonyl (C=O) groups is 1. The Kier molecular flexibility index (Phi) is 6.17. The molecule has 0 N–H and O–H groups in total. The van der Waals surface area contributed by atoms with Gasteiger partial charge in [-0.15, -0.1) is 10.2 Å². The van der Waals surface area contributed by atoms with Crippen molar-refractivity contribution < 1.29 is 9.53 Å². The summed E-state index contributed by atoms with van der Waals surface area (Å²) in [5.74, 6) is 1.81. The van der Waals surface area contributed by atoms with Gasteiger partial charge in [0.15, 0.2) is 11.0 Å². The van der Waals surface area contributed by atoms with Crippen molar-refractivity contribution in [3.05, 3.63) is 70.1 Å². The number of hydrogen-bond acceptors (Lipinski definition) is 5. The molecule has 4 aromatic rings. The van der Waals surface area contributed by atoms with E-state index in [1.54, 1.807) is 0 Å². The van der Waals surface area contributed by atoms with Gasteiger partial charge in [-0.05, 0) is 68.0 Å². The molecule has 2 aromatic heterocycles. The molecule has 0 amide bonds. The number of benzene rings is 2. The largest absolute Gasteiger partial charge is 0.486 e. The molecule has 1 aliphatic rings. The Bertz CT molecular complexity index is 1340. The Morgan fingerprint density at radius 3 is 2.82 bits per heavy atom. The molecule has 170 valence electrons. The van der Waals surface area contributed by atoms with E-state index in [0.29, 0.717) is 21.8 Å². The summed E-state index contributed by atoms with van der Waals surface area (Å²) >= 11 is 7.49. The van der Waals surface area contributed by atoms with Crippen LogP contribution < -0.4 is 4.74 Å². The summed E-state index contributed by atoms with van der Waals surface area (Å²) in [6, 6.07) is 13.8. The minimum atomic E-state index is 0.0804. The van der Waals surface area contributed by atoms with Gasteiger partial charge in [0.2, 0.25) is 5.91 Å². The van der Waals surface area contributed by atoms with Crippen LogP contribution in [0.25, 0.3) is 10.9 Å². The van der Waals surface area contributed by atoms with Gasteiger partial charge in [0.1, 0.15) is 12.4 Å². The van der Waals surface area contributed by atoms with Gasteiger partial charge in [0.25, 0.3) is 0 Å². The molecule has 0 atom stereocenters. The number of ether oxygens (including phenoxy) is 1. The average Bonchev–Trinajstić information content (AvgIpc) is 3.35. The zero-order chi connectivity index (χ0) is 22.9. The fourth-order valence-electron chi connectivity index (χ4n) is 4.42. The highest BCUT2D eigenvalue weighted by molar-refractivity contribution is 7.99. The number of para-hydroxylation sites is 1. The Morgan fingerprint density at radius 1 is 1.15 bits per heavy atom. The van der Waals surface area contributed by atoms with Crippen LogP contribution in [0.3, 0.4) is 0 Å². The Labute approximate surface area is 201 Å². The lowest BCUT2D eigenvalue weighted by Crippen LogP contribution is -2.18. The van der Waals surface area contributed by atoms with E-state index in [2.05, 4.69) is 22.3 Å². The average molecular weight is 481 g/mol. The summed E-state index contributed by atoms with van der Waals surface area (Å²) in [5, 5.41) is 11.1. The summed E-state index contributed by atoms with van der Waals surface area (Å²) in [6.45, 7) is 2.23. The van der Waals surface area contributed by atoms with Gasteiger partial charge in [-0.25, -0.2) is 0 Å². The third kappa shape index (κ3) is 4.27. The summed E-state index contributed by atoms with van der Waals surface area (Å²) in [5.41, 5.74) is 4.49. The van der Waals surface area contributed by atoms with E-state index in [-0.39, 0.29) is 12.5 Å². The van der Waals surface area contributed by atoms with E-state index in [1.165, 1.54) is 34.8 Å². The van der Waals surface area contributed by atoms with Gasteiger partial charge in [0.05, 0.1) is 11.3 Å². The maximum absolute atomic E-state index is 13.3. The van der Waals surface area contributed by atoms with Crippen molar-refractivity contribution >= 4 is 40.2 Å². The second kappa shape index (κ2) is 9.23. The molecule has 0 spiro atoms. The molecule has 0 unspecified atom stereocenters. The SMILES string of the molecule is Cc1cc(OCc2nnc(SCC(=O)n3c4c(c5ccccc53)CCCC4)n2C)ccc1Cl. The van der Waals surface area contributed by atoms with Crippen molar-refractivity contribution in [2.75, 3.05) is 5.75 Å². The number of aryl methyl sites for hydroxylation is 2. The fourth-order valence-corrected chi connectivity index (χ4v) is 5.32. The Balaban J connectivity index is 1.29. The van der Waals surface area contributed by atoms with Crippen LogP contribution in [0.2, 0.25) is 5.02 Å². The quantitative estimate of drug-likeness (QED) is 0.335. The lowest BCUT2D eigenvalue weighted by Gasteiger charge is -2.15. The first kappa shape index (κ1) is 22.0. The molecule has 8 heteroatoms. The second-order valence-electron chi connectivity index (χ2n) is 8.32. The molecule has 1 aliphatic carbocycles. The smallest absolute Gasteiger partial charge is 0.241 e. The Morgan fingerprint density at radius 2 is 1.97 bits per heavy atom. The third-order valence-electron chi connectivity index (χ3n) is 6.18. The topological polar surface area (TPSA) is 61.9 Å². The minimum absolute atomic E-state index is 0.0804. The van der Waals surface area contributed by atoms with Crippen molar-refractivity contribution in [3.63, 3.8) is 0 Å². The van der Waals surface area contributed by atoms with E-state index in [1.807, 2.05) is 53.4 Å². The van der Waals surface area contributed by atoms with Crippen LogP contribution in [0.1, 0.15) is 40.3 Å². The molecule has 0 saturated carbocycles. The van der Waals surface area contributed by atoms with Gasteiger partial charge in [-0.3, -0.25) is 9.36 Å². The summed E-state index contributed by atoms with van der Waals surface area (Å²) < 4.78 is 9.66. The molecule has 6 nitrogen and oxygen atoms in total. The molecule has 0 fully saturated rings. The van der Waals surface area contributed by atoms with Gasteiger partial charge in [-0.2, -0.15) is 0 Å². The van der Waals surface area contributed by atoms with Crippen LogP contribution in [0, 0.1) is 6.92 Å². The highest BCUT2D eigenvalue weighted by Gasteiger charge is 2.23. The second-order valence-corrected chi connectivity index (χ2v) is 9.67. The number of fused-ring (bicyclic) bond motifs is 3. The van der Waals surface area contributed by atoms with Gasteiger partial charge in [0, 0.05) is 23.2 Å². The van der Waals surface area contributed by atoms with Crippen molar-refractivity contribution in [2.45, 2.75) is 44.4 Å². The molecule has 5 rings (SSSR count). The third-order valence-corrected chi connectivity index (χ3v) is 7.60. The minimum Gasteiger partial charge on any atom is -0.486 e.